The van der Waals surface area contributed by atoms with Crippen molar-refractivity contribution >= 4 is 11.8 Å². The fraction of sp³-hybridized carbons (Fsp3) is 0.647. The lowest BCUT2D eigenvalue weighted by molar-refractivity contribution is -0.255. The van der Waals surface area contributed by atoms with Gasteiger partial charge in [0.25, 0.3) is 0 Å². The minimum absolute atomic E-state index is 0.0529. The number of hydrogen-bond acceptors (Lipinski definition) is 11. The van der Waals surface area contributed by atoms with Crippen LogP contribution in [0.4, 0.5) is 4.79 Å². The van der Waals surface area contributed by atoms with Crippen molar-refractivity contribution < 1.29 is 49.0 Å². The van der Waals surface area contributed by atoms with Crippen LogP contribution in [0.3, 0.4) is 0 Å². The molecule has 46 heavy (non-hydrogen) atoms. The van der Waals surface area contributed by atoms with Gasteiger partial charge in [0, 0.05) is 37.7 Å². The van der Waals surface area contributed by atoms with Gasteiger partial charge in [-0.05, 0) is 61.3 Å². The summed E-state index contributed by atoms with van der Waals surface area (Å²) in [6, 6.07) is 4.33. The molecule has 3 aliphatic rings. The minimum Gasteiger partial charge on any atom is -0.508 e. The third-order valence-corrected chi connectivity index (χ3v) is 9.36. The number of benzene rings is 1. The number of nitrogens with zero attached hydrogens (tertiary/aromatic N) is 2. The Hall–Kier alpha value is -3.16. The number of aromatic hydroxyl groups is 1. The molecular weight excluding hydrogens is 596 g/mol. The Bertz CT molecular complexity index is 1220. The molecule has 0 unspecified atom stereocenters. The van der Waals surface area contributed by atoms with Crippen molar-refractivity contribution in [3.05, 3.63) is 48.1 Å². The number of phenolic OH excluding ortho intramolecular Hbond substituents is 1. The Kier molecular flexibility index (Phi) is 13.3. The van der Waals surface area contributed by atoms with Gasteiger partial charge in [0.05, 0.1) is 45.2 Å². The van der Waals surface area contributed by atoms with Gasteiger partial charge in [-0.2, -0.15) is 0 Å². The van der Waals surface area contributed by atoms with Gasteiger partial charge in [0.1, 0.15) is 24.7 Å². The van der Waals surface area contributed by atoms with Gasteiger partial charge < -0.3 is 44.2 Å². The van der Waals surface area contributed by atoms with Crippen molar-refractivity contribution in [1.29, 1.82) is 0 Å². The van der Waals surface area contributed by atoms with Crippen molar-refractivity contribution in [2.24, 2.45) is 22.9 Å². The highest BCUT2D eigenvalue weighted by molar-refractivity contribution is 6.02. The van der Waals surface area contributed by atoms with E-state index >= 15 is 0 Å². The monoisotopic (exact) mass is 646 g/mol. The number of fused-ring (bicyclic) bond motifs is 2. The van der Waals surface area contributed by atoms with E-state index in [1.807, 2.05) is 0 Å². The Morgan fingerprint density at radius 1 is 1.11 bits per heavy atom. The van der Waals surface area contributed by atoms with E-state index in [1.165, 1.54) is 14.2 Å². The highest BCUT2D eigenvalue weighted by atomic mass is 16.7. The second-order valence-electron chi connectivity index (χ2n) is 12.0. The van der Waals surface area contributed by atoms with Crippen molar-refractivity contribution in [2.45, 2.75) is 62.7 Å². The number of oxime groups is 1. The lowest BCUT2D eigenvalue weighted by atomic mass is 9.55. The summed E-state index contributed by atoms with van der Waals surface area (Å²) in [5, 5.41) is 43.7. The maximum Gasteiger partial charge on any atom is 0.410 e. The van der Waals surface area contributed by atoms with Gasteiger partial charge in [-0.3, -0.25) is 4.90 Å². The third-order valence-electron chi connectivity index (χ3n) is 9.36. The minimum atomic E-state index is -1.42. The lowest BCUT2D eigenvalue weighted by Gasteiger charge is -2.59. The first-order valence-corrected chi connectivity index (χ1v) is 16.2. The summed E-state index contributed by atoms with van der Waals surface area (Å²) in [6.07, 6.45) is 8.07. The average Bonchev–Trinajstić information content (AvgIpc) is 3.06. The molecule has 0 spiro atoms. The van der Waals surface area contributed by atoms with Crippen LogP contribution in [0.25, 0.3) is 0 Å². The summed E-state index contributed by atoms with van der Waals surface area (Å²) in [7, 11) is 2.80. The van der Waals surface area contributed by atoms with Crippen LogP contribution in [0.5, 0.6) is 11.5 Å². The Labute approximate surface area is 271 Å². The molecule has 2 aliphatic carbocycles. The first-order valence-electron chi connectivity index (χ1n) is 16.2. The maximum atomic E-state index is 13.5. The highest BCUT2D eigenvalue weighted by Gasteiger charge is 2.65. The predicted molar refractivity (Wildman–Crippen MR) is 171 cm³/mol. The zero-order valence-electron chi connectivity index (χ0n) is 27.0. The molecular formula is C34H50N2O10. The van der Waals surface area contributed by atoms with Crippen LogP contribution in [0.2, 0.25) is 0 Å². The van der Waals surface area contributed by atoms with Gasteiger partial charge in [0.15, 0.2) is 0 Å². The van der Waals surface area contributed by atoms with Crippen molar-refractivity contribution in [3.63, 3.8) is 0 Å². The Balaban J connectivity index is 1.97. The maximum absolute atomic E-state index is 13.5. The molecule has 1 fully saturated rings. The quantitative estimate of drug-likeness (QED) is 0.105. The van der Waals surface area contributed by atoms with E-state index in [4.69, 9.17) is 23.8 Å². The molecule has 1 heterocycles. The largest absolute Gasteiger partial charge is 0.508 e. The van der Waals surface area contributed by atoms with Crippen LogP contribution in [0.1, 0.15) is 56.4 Å². The van der Waals surface area contributed by atoms with Crippen LogP contribution in [-0.4, -0.2) is 109 Å². The number of methoxy groups -OCH3 is 1. The van der Waals surface area contributed by atoms with Gasteiger partial charge in [-0.1, -0.05) is 30.1 Å². The number of hydrogen-bond donors (Lipinski definition) is 4. The second kappa shape index (κ2) is 17.1. The fourth-order valence-corrected chi connectivity index (χ4v) is 7.59. The van der Waals surface area contributed by atoms with Gasteiger partial charge in [-0.25, -0.2) is 4.79 Å². The molecule has 12 heteroatoms. The van der Waals surface area contributed by atoms with Crippen molar-refractivity contribution in [3.8, 4) is 11.5 Å². The molecule has 0 aromatic heterocycles. The summed E-state index contributed by atoms with van der Waals surface area (Å²) >= 11 is 0. The zero-order chi connectivity index (χ0) is 33.1. The number of carbonyl (C=O) groups excluding carboxylic acids is 1. The van der Waals surface area contributed by atoms with Gasteiger partial charge >= 0.3 is 6.09 Å². The van der Waals surface area contributed by atoms with Crippen LogP contribution >= 0.6 is 0 Å². The number of allylic oxidation sites excluding steroid dienone is 1. The molecule has 256 valence electrons. The fourth-order valence-electron chi connectivity index (χ4n) is 7.59. The number of ether oxygens (including phenoxy) is 4. The van der Waals surface area contributed by atoms with E-state index in [-0.39, 0.29) is 76.1 Å². The standard InChI is InChI=1S/C34H50N2O10/c1-4-17-45-34-30(36(33(41)42-2)13-18-44-19-16-39)22-28(35-43-3)26-20-23(9-5-7-14-37)25(10-6-8-15-38)31(32(26)34)27-21-24(40)11-12-29(27)46-34/h4,11-12,20-21,23,25,30-32,37-40H,1,5-10,13-19,22H2,2-3H3/t23-,25+,30-,31+,32+,34+/m0/s1. The zero-order valence-corrected chi connectivity index (χ0v) is 27.0. The Morgan fingerprint density at radius 3 is 2.54 bits per heavy atom. The summed E-state index contributed by atoms with van der Waals surface area (Å²) in [6.45, 7) is 4.45. The van der Waals surface area contributed by atoms with Crippen molar-refractivity contribution in [1.82, 2.24) is 4.90 Å². The molecule has 4 N–H and O–H groups in total. The first-order chi connectivity index (χ1) is 22.4. The molecule has 0 saturated heterocycles. The van der Waals surface area contributed by atoms with E-state index in [1.54, 1.807) is 29.2 Å². The Morgan fingerprint density at radius 2 is 1.87 bits per heavy atom. The van der Waals surface area contributed by atoms with Crippen LogP contribution in [-0.2, 0) is 19.0 Å². The molecule has 0 radical (unpaired) electrons. The summed E-state index contributed by atoms with van der Waals surface area (Å²) in [5.74, 6) is -1.33. The normalized spacial score (nSPS) is 27.2. The van der Waals surface area contributed by atoms with Crippen LogP contribution < -0.4 is 4.74 Å². The van der Waals surface area contributed by atoms with Crippen molar-refractivity contribution in [2.75, 3.05) is 60.4 Å². The smallest absolute Gasteiger partial charge is 0.410 e. The number of rotatable bonds is 18. The number of carbonyl (C=O) groups is 1. The number of phenols is 1. The molecule has 1 aromatic rings. The van der Waals surface area contributed by atoms with Crippen LogP contribution in [0.15, 0.2) is 47.7 Å². The number of amides is 1. The molecule has 12 nitrogen and oxygen atoms in total. The number of aliphatic hydroxyl groups is 3. The number of aliphatic hydroxyl groups excluding tert-OH is 3. The predicted octanol–water partition coefficient (Wildman–Crippen LogP) is 3.73. The van der Waals surface area contributed by atoms with E-state index in [2.05, 4.69) is 17.8 Å². The molecule has 4 rings (SSSR count). The molecule has 1 aromatic carbocycles. The van der Waals surface area contributed by atoms with Gasteiger partial charge in [0.2, 0.25) is 5.79 Å². The summed E-state index contributed by atoms with van der Waals surface area (Å²) in [4.78, 5) is 20.4. The van der Waals surface area contributed by atoms with E-state index < -0.39 is 23.8 Å². The van der Waals surface area contributed by atoms with Gasteiger partial charge in [-0.15, -0.1) is 6.58 Å². The molecule has 1 saturated carbocycles. The first kappa shape index (κ1) is 35.7. The molecule has 0 bridgehead atoms. The van der Waals surface area contributed by atoms with E-state index in [0.29, 0.717) is 24.3 Å². The lowest BCUT2D eigenvalue weighted by Crippen LogP contribution is -2.70. The van der Waals surface area contributed by atoms with E-state index in [9.17, 15) is 25.2 Å². The van der Waals surface area contributed by atoms with Crippen LogP contribution in [0, 0.1) is 17.8 Å². The second-order valence-corrected chi connectivity index (χ2v) is 12.0. The highest BCUT2D eigenvalue weighted by Crippen LogP contribution is 2.61. The molecule has 1 amide bonds. The van der Waals surface area contributed by atoms with E-state index in [0.717, 1.165) is 36.8 Å². The summed E-state index contributed by atoms with van der Waals surface area (Å²) < 4.78 is 24.5. The summed E-state index contributed by atoms with van der Waals surface area (Å²) in [5.41, 5.74) is 2.39. The molecule has 6 atom stereocenters. The topological polar surface area (TPSA) is 160 Å². The third kappa shape index (κ3) is 7.52. The SMILES string of the molecule is C=CCO[C@@]12Oc3ccc(O)cc3[C@H]3[C@H](CCCCO)[C@@H](CCCCO)C=C(C(=NOC)C[C@@H]1N(CCOCCO)C(=O)OC)[C@H]32. The number of unbranched alkanes of at least 4 members (excludes halogenated alkanes) is 2. The molecule has 1 aliphatic heterocycles. The average molecular weight is 647 g/mol.